The lowest BCUT2D eigenvalue weighted by Gasteiger charge is -2.21. The van der Waals surface area contributed by atoms with Crippen LogP contribution < -0.4 is 5.32 Å². The van der Waals surface area contributed by atoms with Crippen molar-refractivity contribution < 1.29 is 5.11 Å². The number of aryl methyl sites for hydroxylation is 2. The summed E-state index contributed by atoms with van der Waals surface area (Å²) in [6.45, 7) is 1.59. The molecule has 0 radical (unpaired) electrons. The van der Waals surface area contributed by atoms with Crippen molar-refractivity contribution in [1.82, 2.24) is 15.2 Å². The van der Waals surface area contributed by atoms with Gasteiger partial charge in [-0.3, -0.25) is 4.99 Å². The third-order valence-corrected chi connectivity index (χ3v) is 5.61. The number of benzene rings is 1. The predicted octanol–water partition coefficient (Wildman–Crippen LogP) is 2.98. The van der Waals surface area contributed by atoms with Crippen LogP contribution >= 0.6 is 11.3 Å². The van der Waals surface area contributed by atoms with Crippen molar-refractivity contribution in [3.05, 3.63) is 45.4 Å². The fraction of sp³-hybridized carbons (Fsp3) is 0.474. The van der Waals surface area contributed by atoms with E-state index in [-0.39, 0.29) is 0 Å². The molecule has 1 aromatic heterocycles. The molecule has 2 N–H and O–H groups in total. The number of fused-ring (bicyclic) bond motifs is 1. The first kappa shape index (κ1) is 17.7. The minimum atomic E-state index is 0.304. The zero-order chi connectivity index (χ0) is 17.6. The quantitative estimate of drug-likeness (QED) is 0.637. The van der Waals surface area contributed by atoms with Gasteiger partial charge in [0.15, 0.2) is 5.96 Å². The number of aliphatic imine (C=N–C) groups is 1. The molecule has 2 aromatic rings. The molecule has 0 spiro atoms. The largest absolute Gasteiger partial charge is 0.508 e. The van der Waals surface area contributed by atoms with Crippen LogP contribution in [0.1, 0.15) is 34.0 Å². The molecule has 1 heterocycles. The summed E-state index contributed by atoms with van der Waals surface area (Å²) in [6.07, 6.45) is 5.78. The second kappa shape index (κ2) is 8.34. The van der Waals surface area contributed by atoms with Crippen molar-refractivity contribution in [3.8, 4) is 5.75 Å². The molecule has 1 aromatic carbocycles. The predicted molar refractivity (Wildman–Crippen MR) is 103 cm³/mol. The Morgan fingerprint density at radius 3 is 2.76 bits per heavy atom. The number of thiazole rings is 1. The van der Waals surface area contributed by atoms with Gasteiger partial charge < -0.3 is 15.3 Å². The Kier molecular flexibility index (Phi) is 5.91. The highest BCUT2D eigenvalue weighted by Gasteiger charge is 2.16. The lowest BCUT2D eigenvalue weighted by molar-refractivity contribution is 0.474. The highest BCUT2D eigenvalue weighted by atomic mass is 32.1. The lowest BCUT2D eigenvalue weighted by atomic mass is 10.0. The van der Waals surface area contributed by atoms with Crippen molar-refractivity contribution in [2.24, 2.45) is 4.99 Å². The third-order valence-electron chi connectivity index (χ3n) is 4.47. The molecule has 134 valence electrons. The van der Waals surface area contributed by atoms with Gasteiger partial charge in [0.2, 0.25) is 0 Å². The van der Waals surface area contributed by atoms with Crippen molar-refractivity contribution in [2.75, 3.05) is 20.6 Å². The van der Waals surface area contributed by atoms with E-state index in [2.05, 4.69) is 22.3 Å². The molecule has 5 nitrogen and oxygen atoms in total. The van der Waals surface area contributed by atoms with Gasteiger partial charge in [0.05, 0.1) is 12.2 Å². The normalized spacial score (nSPS) is 14.2. The number of phenols is 1. The highest BCUT2D eigenvalue weighted by Crippen LogP contribution is 2.27. The van der Waals surface area contributed by atoms with Crippen molar-refractivity contribution >= 4 is 17.3 Å². The number of hydrogen-bond donors (Lipinski definition) is 2. The number of phenolic OH excluding ortho intramolecular Hbond substituents is 1. The summed E-state index contributed by atoms with van der Waals surface area (Å²) in [5, 5.41) is 13.9. The molecular weight excluding hydrogens is 332 g/mol. The number of guanidine groups is 1. The summed E-state index contributed by atoms with van der Waals surface area (Å²) in [5.41, 5.74) is 2.51. The Morgan fingerprint density at radius 2 is 2.04 bits per heavy atom. The summed E-state index contributed by atoms with van der Waals surface area (Å²) in [6, 6.07) is 7.34. The van der Waals surface area contributed by atoms with Crippen LogP contribution in [0.25, 0.3) is 0 Å². The number of nitrogens with zero attached hydrogens (tertiary/aromatic N) is 3. The average molecular weight is 359 g/mol. The number of aromatic nitrogens is 1. The van der Waals surface area contributed by atoms with E-state index in [4.69, 9.17) is 4.98 Å². The molecule has 0 saturated carbocycles. The van der Waals surface area contributed by atoms with Gasteiger partial charge in [-0.2, -0.15) is 0 Å². The van der Waals surface area contributed by atoms with E-state index in [9.17, 15) is 5.11 Å². The van der Waals surface area contributed by atoms with Crippen molar-refractivity contribution in [2.45, 2.75) is 38.6 Å². The molecule has 25 heavy (non-hydrogen) atoms. The SMILES string of the molecule is CN=C(NCCc1ccc(O)cc1)N(C)Cc1nc2c(s1)CCCC2. The lowest BCUT2D eigenvalue weighted by Crippen LogP contribution is -2.39. The first-order chi connectivity index (χ1) is 12.2. The zero-order valence-corrected chi connectivity index (χ0v) is 15.8. The van der Waals surface area contributed by atoms with Gasteiger partial charge in [0.25, 0.3) is 0 Å². The molecule has 0 amide bonds. The molecule has 3 rings (SSSR count). The minimum Gasteiger partial charge on any atom is -0.508 e. The zero-order valence-electron chi connectivity index (χ0n) is 15.0. The number of hydrogen-bond acceptors (Lipinski definition) is 4. The summed E-state index contributed by atoms with van der Waals surface area (Å²) in [5.74, 6) is 1.19. The summed E-state index contributed by atoms with van der Waals surface area (Å²) in [7, 11) is 3.86. The van der Waals surface area contributed by atoms with Crippen molar-refractivity contribution in [1.29, 1.82) is 0 Å². The van der Waals surface area contributed by atoms with Crippen molar-refractivity contribution in [3.63, 3.8) is 0 Å². The Balaban J connectivity index is 1.51. The monoisotopic (exact) mass is 358 g/mol. The van der Waals surface area contributed by atoms with E-state index in [1.54, 1.807) is 12.1 Å². The molecule has 0 unspecified atom stereocenters. The molecule has 0 bridgehead atoms. The maximum Gasteiger partial charge on any atom is 0.193 e. The maximum atomic E-state index is 9.34. The summed E-state index contributed by atoms with van der Waals surface area (Å²) >= 11 is 1.85. The molecule has 0 atom stereocenters. The van der Waals surface area contributed by atoms with Crippen LogP contribution in [0.2, 0.25) is 0 Å². The summed E-state index contributed by atoms with van der Waals surface area (Å²) in [4.78, 5) is 12.8. The molecule has 1 aliphatic rings. The summed E-state index contributed by atoms with van der Waals surface area (Å²) < 4.78 is 0. The fourth-order valence-electron chi connectivity index (χ4n) is 3.12. The highest BCUT2D eigenvalue weighted by molar-refractivity contribution is 7.11. The molecule has 0 saturated heterocycles. The second-order valence-corrected chi connectivity index (χ2v) is 7.60. The molecular formula is C19H26N4OS. The van der Waals surface area contributed by atoms with Crippen LogP contribution in [0.5, 0.6) is 5.75 Å². The van der Waals surface area contributed by atoms with E-state index >= 15 is 0 Å². The minimum absolute atomic E-state index is 0.304. The van der Waals surface area contributed by atoms with Crippen LogP contribution in [0.15, 0.2) is 29.3 Å². The van der Waals surface area contributed by atoms with Crippen LogP contribution in [0, 0.1) is 0 Å². The molecule has 1 aliphatic carbocycles. The van der Waals surface area contributed by atoms with Crippen LogP contribution in [-0.4, -0.2) is 41.6 Å². The number of rotatable bonds is 5. The Bertz CT molecular complexity index is 700. The first-order valence-corrected chi connectivity index (χ1v) is 9.64. The van der Waals surface area contributed by atoms with E-state index < -0.39 is 0 Å². The van der Waals surface area contributed by atoms with E-state index in [0.29, 0.717) is 5.75 Å². The first-order valence-electron chi connectivity index (χ1n) is 8.83. The van der Waals surface area contributed by atoms with Gasteiger partial charge >= 0.3 is 0 Å². The Morgan fingerprint density at radius 1 is 1.28 bits per heavy atom. The van der Waals surface area contributed by atoms with Gasteiger partial charge in [-0.25, -0.2) is 4.98 Å². The molecule has 0 aliphatic heterocycles. The smallest absolute Gasteiger partial charge is 0.193 e. The van der Waals surface area contributed by atoms with Gasteiger partial charge in [0.1, 0.15) is 10.8 Å². The van der Waals surface area contributed by atoms with Crippen LogP contribution in [-0.2, 0) is 25.8 Å². The standard InChI is InChI=1S/C19H26N4OS/c1-20-19(21-12-11-14-7-9-15(24)10-8-14)23(2)13-18-22-16-5-3-4-6-17(16)25-18/h7-10,24H,3-6,11-13H2,1-2H3,(H,20,21). The number of nitrogens with one attached hydrogen (secondary N) is 1. The van der Waals surface area contributed by atoms with Gasteiger partial charge in [0, 0.05) is 25.5 Å². The van der Waals surface area contributed by atoms with Gasteiger partial charge in [-0.1, -0.05) is 12.1 Å². The van der Waals surface area contributed by atoms with Gasteiger partial charge in [-0.05, 0) is 49.8 Å². The third kappa shape index (κ3) is 4.72. The molecule has 0 fully saturated rings. The average Bonchev–Trinajstić information content (AvgIpc) is 3.02. The Hall–Kier alpha value is -2.08. The van der Waals surface area contributed by atoms with E-state index in [1.807, 2.05) is 30.5 Å². The van der Waals surface area contributed by atoms with Crippen LogP contribution in [0.3, 0.4) is 0 Å². The topological polar surface area (TPSA) is 60.8 Å². The molecule has 6 heteroatoms. The van der Waals surface area contributed by atoms with E-state index in [1.165, 1.54) is 40.4 Å². The van der Waals surface area contributed by atoms with Gasteiger partial charge in [-0.15, -0.1) is 11.3 Å². The fourth-order valence-corrected chi connectivity index (χ4v) is 4.33. The Labute approximate surface area is 153 Å². The van der Waals surface area contributed by atoms with Crippen LogP contribution in [0.4, 0.5) is 0 Å². The maximum absolute atomic E-state index is 9.34. The number of aromatic hydroxyl groups is 1. The second-order valence-electron chi connectivity index (χ2n) is 6.43. The van der Waals surface area contributed by atoms with E-state index in [0.717, 1.165) is 31.9 Å².